The molecule has 0 aliphatic carbocycles. The summed E-state index contributed by atoms with van der Waals surface area (Å²) < 4.78 is 3.49. The Balaban J connectivity index is 0.00000210. The Labute approximate surface area is 186 Å². The number of rotatable bonds is 3. The Morgan fingerprint density at radius 2 is 1.81 bits per heavy atom. The molecular formula is C23H22BrIN2. The summed E-state index contributed by atoms with van der Waals surface area (Å²) >= 11 is 3.57. The van der Waals surface area contributed by atoms with Crippen molar-refractivity contribution in [3.63, 3.8) is 0 Å². The first kappa shape index (κ1) is 20.1. The summed E-state index contributed by atoms with van der Waals surface area (Å²) in [5.41, 5.74) is 6.26. The molecule has 0 atom stereocenters. The average molecular weight is 533 g/mol. The first-order chi connectivity index (χ1) is 12.7. The van der Waals surface area contributed by atoms with Gasteiger partial charge in [-0.15, -0.1) is 0 Å². The monoisotopic (exact) mass is 532 g/mol. The van der Waals surface area contributed by atoms with Gasteiger partial charge in [0.15, 0.2) is 0 Å². The fraction of sp³-hybridized carbons (Fsp3) is 0.174. The van der Waals surface area contributed by atoms with Gasteiger partial charge in [-0.1, -0.05) is 40.2 Å². The van der Waals surface area contributed by atoms with Crippen molar-refractivity contribution in [3.8, 4) is 0 Å². The SMILES string of the molecule is CCN1/C(=C/c2ccc3cc(Br)ccc3[n+]2CC)C=Cc2ccccc21.[I-]. The van der Waals surface area contributed by atoms with Crippen LogP contribution in [0, 0.1) is 0 Å². The number of fused-ring (bicyclic) bond motifs is 2. The van der Waals surface area contributed by atoms with Gasteiger partial charge in [-0.2, -0.15) is 4.57 Å². The Bertz CT molecular complexity index is 1040. The summed E-state index contributed by atoms with van der Waals surface area (Å²) in [4.78, 5) is 2.38. The molecule has 1 aliphatic heterocycles. The number of nitrogens with zero attached hydrogens (tertiary/aromatic N) is 2. The zero-order valence-electron chi connectivity index (χ0n) is 15.5. The quantitative estimate of drug-likeness (QED) is 0.372. The molecule has 1 aromatic heterocycles. The van der Waals surface area contributed by atoms with E-state index in [9.17, 15) is 0 Å². The minimum Gasteiger partial charge on any atom is -1.00 e. The molecule has 0 saturated heterocycles. The zero-order valence-corrected chi connectivity index (χ0v) is 19.2. The van der Waals surface area contributed by atoms with Crippen LogP contribution in [0.15, 0.2) is 70.8 Å². The number of para-hydroxylation sites is 1. The van der Waals surface area contributed by atoms with Gasteiger partial charge in [-0.25, -0.2) is 0 Å². The van der Waals surface area contributed by atoms with Crippen molar-refractivity contribution >= 4 is 44.7 Å². The third-order valence-corrected chi connectivity index (χ3v) is 5.42. The summed E-state index contributed by atoms with van der Waals surface area (Å²) in [6.45, 7) is 6.28. The van der Waals surface area contributed by atoms with Crippen LogP contribution in [0.25, 0.3) is 23.1 Å². The van der Waals surface area contributed by atoms with Gasteiger partial charge in [-0.05, 0) is 49.8 Å². The fourth-order valence-corrected chi connectivity index (χ4v) is 4.08. The number of aryl methyl sites for hydroxylation is 1. The highest BCUT2D eigenvalue weighted by atomic mass is 127. The van der Waals surface area contributed by atoms with Crippen molar-refractivity contribution in [2.75, 3.05) is 11.4 Å². The van der Waals surface area contributed by atoms with E-state index in [1.54, 1.807) is 0 Å². The molecule has 2 aromatic carbocycles. The average Bonchev–Trinajstić information content (AvgIpc) is 2.67. The van der Waals surface area contributed by atoms with Crippen molar-refractivity contribution in [2.45, 2.75) is 20.4 Å². The van der Waals surface area contributed by atoms with Gasteiger partial charge in [0.2, 0.25) is 11.2 Å². The van der Waals surface area contributed by atoms with Crippen molar-refractivity contribution in [1.29, 1.82) is 0 Å². The molecule has 27 heavy (non-hydrogen) atoms. The minimum atomic E-state index is 0. The molecule has 3 aromatic rings. The summed E-state index contributed by atoms with van der Waals surface area (Å²) in [5, 5.41) is 1.25. The highest BCUT2D eigenvalue weighted by Gasteiger charge is 2.18. The Kier molecular flexibility index (Phi) is 6.37. The van der Waals surface area contributed by atoms with Crippen LogP contribution in [0.3, 0.4) is 0 Å². The van der Waals surface area contributed by atoms with E-state index < -0.39 is 0 Å². The third kappa shape index (κ3) is 3.83. The topological polar surface area (TPSA) is 7.12 Å². The molecule has 0 fully saturated rings. The molecule has 0 N–H and O–H groups in total. The molecule has 4 rings (SSSR count). The molecule has 0 spiro atoms. The molecule has 2 heterocycles. The Morgan fingerprint density at radius 3 is 2.59 bits per heavy atom. The number of anilines is 1. The van der Waals surface area contributed by atoms with Gasteiger partial charge in [0.05, 0.1) is 0 Å². The second kappa shape index (κ2) is 8.57. The minimum absolute atomic E-state index is 0. The Morgan fingerprint density at radius 1 is 1.00 bits per heavy atom. The zero-order chi connectivity index (χ0) is 18.1. The molecule has 1 aliphatic rings. The molecule has 0 saturated carbocycles. The molecule has 0 amide bonds. The van der Waals surface area contributed by atoms with Crippen LogP contribution in [-0.2, 0) is 6.54 Å². The molecule has 138 valence electrons. The third-order valence-electron chi connectivity index (χ3n) is 4.93. The van der Waals surface area contributed by atoms with Crippen molar-refractivity contribution in [2.24, 2.45) is 0 Å². The van der Waals surface area contributed by atoms with Crippen LogP contribution in [0.4, 0.5) is 5.69 Å². The van der Waals surface area contributed by atoms with Gasteiger partial charge in [0, 0.05) is 46.0 Å². The molecular weight excluding hydrogens is 511 g/mol. The van der Waals surface area contributed by atoms with Crippen LogP contribution >= 0.6 is 15.9 Å². The maximum Gasteiger partial charge on any atom is 0.213 e. The maximum atomic E-state index is 3.57. The van der Waals surface area contributed by atoms with Gasteiger partial charge in [-0.3, -0.25) is 0 Å². The van der Waals surface area contributed by atoms with E-state index >= 15 is 0 Å². The number of allylic oxidation sites excluding steroid dienone is 1. The second-order valence-corrected chi connectivity index (χ2v) is 7.33. The number of pyridine rings is 1. The van der Waals surface area contributed by atoms with Crippen LogP contribution in [-0.4, -0.2) is 6.54 Å². The predicted molar refractivity (Wildman–Crippen MR) is 114 cm³/mol. The van der Waals surface area contributed by atoms with E-state index in [0.29, 0.717) is 0 Å². The normalized spacial score (nSPS) is 14.3. The number of benzene rings is 2. The lowest BCUT2D eigenvalue weighted by Crippen LogP contribution is -3.00. The molecule has 0 radical (unpaired) electrons. The van der Waals surface area contributed by atoms with E-state index in [1.165, 1.54) is 33.5 Å². The summed E-state index contributed by atoms with van der Waals surface area (Å²) in [6.07, 6.45) is 6.72. The van der Waals surface area contributed by atoms with E-state index in [1.807, 2.05) is 0 Å². The summed E-state index contributed by atoms with van der Waals surface area (Å²) in [6, 6.07) is 19.5. The molecule has 4 heteroatoms. The van der Waals surface area contributed by atoms with Gasteiger partial charge in [0.1, 0.15) is 6.54 Å². The largest absolute Gasteiger partial charge is 1.00 e. The van der Waals surface area contributed by atoms with Crippen molar-refractivity contribution in [1.82, 2.24) is 0 Å². The fourth-order valence-electron chi connectivity index (χ4n) is 3.70. The van der Waals surface area contributed by atoms with E-state index in [4.69, 9.17) is 0 Å². The maximum absolute atomic E-state index is 3.57. The number of likely N-dealkylation sites (N-methyl/N-ethyl adjacent to an activating group) is 1. The standard InChI is InChI=1S/C23H22BrN2.HI/c1-3-25-20(12-9-17-7-5-6-8-22(17)25)16-21-13-10-18-15-19(24)11-14-23(18)26(21)4-2;/h5-16H,3-4H2,1-2H3;1H/q+1;/p-1. The van der Waals surface area contributed by atoms with Crippen molar-refractivity contribution < 1.29 is 28.5 Å². The summed E-state index contributed by atoms with van der Waals surface area (Å²) in [7, 11) is 0. The number of aromatic nitrogens is 1. The Hall–Kier alpha value is -1.66. The lowest BCUT2D eigenvalue weighted by atomic mass is 10.0. The molecule has 2 nitrogen and oxygen atoms in total. The highest BCUT2D eigenvalue weighted by Crippen LogP contribution is 2.31. The first-order valence-electron chi connectivity index (χ1n) is 9.09. The second-order valence-electron chi connectivity index (χ2n) is 6.41. The molecule has 0 unspecified atom stereocenters. The number of hydrogen-bond donors (Lipinski definition) is 0. The summed E-state index contributed by atoms with van der Waals surface area (Å²) in [5.74, 6) is 0. The van der Waals surface area contributed by atoms with Gasteiger partial charge in [0.25, 0.3) is 0 Å². The number of hydrogen-bond acceptors (Lipinski definition) is 1. The van der Waals surface area contributed by atoms with Crippen LogP contribution in [0.5, 0.6) is 0 Å². The van der Waals surface area contributed by atoms with Crippen LogP contribution < -0.4 is 33.4 Å². The molecule has 0 bridgehead atoms. The van der Waals surface area contributed by atoms with Crippen LogP contribution in [0.1, 0.15) is 25.1 Å². The lowest BCUT2D eigenvalue weighted by molar-refractivity contribution is -0.669. The van der Waals surface area contributed by atoms with Gasteiger partial charge < -0.3 is 28.9 Å². The van der Waals surface area contributed by atoms with Crippen molar-refractivity contribution in [3.05, 3.63) is 82.1 Å². The smallest absolute Gasteiger partial charge is 0.213 e. The predicted octanol–water partition coefficient (Wildman–Crippen LogP) is 2.81. The first-order valence-corrected chi connectivity index (χ1v) is 9.89. The van der Waals surface area contributed by atoms with Crippen LogP contribution in [0.2, 0.25) is 0 Å². The van der Waals surface area contributed by atoms with Gasteiger partial charge >= 0.3 is 0 Å². The van der Waals surface area contributed by atoms with E-state index in [0.717, 1.165) is 17.6 Å². The van der Waals surface area contributed by atoms with E-state index in [2.05, 4.69) is 112 Å². The number of halogens is 2. The van der Waals surface area contributed by atoms with E-state index in [-0.39, 0.29) is 24.0 Å². The lowest BCUT2D eigenvalue weighted by Gasteiger charge is -2.29. The highest BCUT2D eigenvalue weighted by molar-refractivity contribution is 9.10.